The van der Waals surface area contributed by atoms with E-state index in [4.69, 9.17) is 4.98 Å². The van der Waals surface area contributed by atoms with Crippen LogP contribution in [0.3, 0.4) is 0 Å². The van der Waals surface area contributed by atoms with Gasteiger partial charge in [0, 0.05) is 11.1 Å². The molecule has 10 aromatic rings. The average molecular weight is 852 g/mol. The van der Waals surface area contributed by atoms with Gasteiger partial charge in [-0.25, -0.2) is 4.98 Å². The van der Waals surface area contributed by atoms with Gasteiger partial charge in [0.15, 0.2) is 16.1 Å². The van der Waals surface area contributed by atoms with Crippen molar-refractivity contribution in [2.75, 3.05) is 0 Å². The molecule has 1 nitrogen and oxygen atoms in total. The largest absolute Gasteiger partial charge is 0.248 e. The van der Waals surface area contributed by atoms with E-state index in [1.807, 2.05) is 0 Å². The van der Waals surface area contributed by atoms with Crippen molar-refractivity contribution < 1.29 is 0 Å². The van der Waals surface area contributed by atoms with Crippen LogP contribution in [-0.4, -0.2) is 21.1 Å². The van der Waals surface area contributed by atoms with Crippen LogP contribution in [0.25, 0.3) is 33.6 Å². The highest BCUT2D eigenvalue weighted by molar-refractivity contribution is 7.20. The van der Waals surface area contributed by atoms with Gasteiger partial charge in [0.2, 0.25) is 0 Å². The van der Waals surface area contributed by atoms with E-state index in [0.717, 1.165) is 22.5 Å². The van der Waals surface area contributed by atoms with Gasteiger partial charge >= 0.3 is 0 Å². The molecule has 0 saturated heterocycles. The molecule has 0 amide bonds. The molecule has 0 bridgehead atoms. The lowest BCUT2D eigenvalue weighted by molar-refractivity contribution is 1.31. The van der Waals surface area contributed by atoms with Crippen molar-refractivity contribution in [2.45, 2.75) is 13.8 Å². The van der Waals surface area contributed by atoms with Crippen molar-refractivity contribution in [2.24, 2.45) is 0 Å². The summed E-state index contributed by atoms with van der Waals surface area (Å²) in [4.78, 5) is 5.67. The summed E-state index contributed by atoms with van der Waals surface area (Å²) in [5.41, 5.74) is 9.03. The third-order valence-corrected chi connectivity index (χ3v) is 22.6. The first-order valence-electron chi connectivity index (χ1n) is 22.2. The summed E-state index contributed by atoms with van der Waals surface area (Å²) in [5, 5.41) is 10.7. The van der Waals surface area contributed by atoms with Crippen molar-refractivity contribution in [3.8, 4) is 33.6 Å². The summed E-state index contributed by atoms with van der Waals surface area (Å²) < 4.78 is 0. The summed E-state index contributed by atoms with van der Waals surface area (Å²) in [5.74, 6) is 0. The molecule has 306 valence electrons. The standard InChI is InChI=1S/C61H49NSi2/c1-46-24-21-25-47(2)61(46)50-44-59(48-26-22-40-57(42-48)63(51-28-9-3-10-29-51,52-30-11-4-12-31-52)53-32-13-5-14-33-53)62-60(45-50)49-27-23-41-58(43-49)64(54-34-15-6-16-35-54,55-36-17-7-18-37-55)56-38-19-8-20-39-56/h3-45H,1-2H3. The van der Waals surface area contributed by atoms with Crippen molar-refractivity contribution in [1.82, 2.24) is 4.98 Å². The first-order chi connectivity index (χ1) is 31.6. The first kappa shape index (κ1) is 40.6. The molecule has 0 fully saturated rings. The molecule has 0 spiro atoms. The van der Waals surface area contributed by atoms with Gasteiger partial charge in [0.25, 0.3) is 0 Å². The van der Waals surface area contributed by atoms with Crippen LogP contribution in [-0.2, 0) is 0 Å². The normalized spacial score (nSPS) is 11.6. The Morgan fingerprint density at radius 3 is 0.812 bits per heavy atom. The highest BCUT2D eigenvalue weighted by atomic mass is 28.3. The fraction of sp³-hybridized carbons (Fsp3) is 0.0328. The Kier molecular flexibility index (Phi) is 11.3. The van der Waals surface area contributed by atoms with Gasteiger partial charge in [-0.15, -0.1) is 0 Å². The number of nitrogens with zero attached hydrogens (tertiary/aromatic N) is 1. The van der Waals surface area contributed by atoms with Crippen LogP contribution < -0.4 is 41.5 Å². The number of aryl methyl sites for hydroxylation is 2. The molecule has 0 N–H and O–H groups in total. The van der Waals surface area contributed by atoms with E-state index in [1.54, 1.807) is 0 Å². The van der Waals surface area contributed by atoms with Crippen molar-refractivity contribution in [3.63, 3.8) is 0 Å². The molecule has 0 radical (unpaired) electrons. The zero-order valence-electron chi connectivity index (χ0n) is 36.3. The number of pyridine rings is 1. The number of hydrogen-bond acceptors (Lipinski definition) is 1. The SMILES string of the molecule is Cc1cccc(C)c1-c1cc(-c2cccc([Si](c3ccccc3)(c3ccccc3)c3ccccc3)c2)nc(-c2cccc([Si](c3ccccc3)(c3ccccc3)c3ccccc3)c2)c1. The number of aromatic nitrogens is 1. The Morgan fingerprint density at radius 1 is 0.250 bits per heavy atom. The van der Waals surface area contributed by atoms with Crippen LogP contribution in [0.2, 0.25) is 0 Å². The molecule has 1 heterocycles. The van der Waals surface area contributed by atoms with E-state index in [-0.39, 0.29) is 0 Å². The lowest BCUT2D eigenvalue weighted by atomic mass is 9.93. The van der Waals surface area contributed by atoms with Gasteiger partial charge in [0.05, 0.1) is 11.4 Å². The molecule has 64 heavy (non-hydrogen) atoms. The lowest BCUT2D eigenvalue weighted by Gasteiger charge is -2.34. The van der Waals surface area contributed by atoms with E-state index in [1.165, 1.54) is 63.7 Å². The van der Waals surface area contributed by atoms with Crippen molar-refractivity contribution in [3.05, 3.63) is 272 Å². The second-order valence-corrected chi connectivity index (χ2v) is 24.4. The van der Waals surface area contributed by atoms with E-state index >= 15 is 0 Å². The summed E-state index contributed by atoms with van der Waals surface area (Å²) in [7, 11) is -5.57. The predicted molar refractivity (Wildman–Crippen MR) is 277 cm³/mol. The quantitative estimate of drug-likeness (QED) is 0.0935. The minimum Gasteiger partial charge on any atom is -0.248 e. The third kappa shape index (κ3) is 7.29. The molecule has 0 aliphatic rings. The fourth-order valence-electron chi connectivity index (χ4n) is 10.2. The second kappa shape index (κ2) is 17.7. The van der Waals surface area contributed by atoms with Crippen molar-refractivity contribution in [1.29, 1.82) is 0 Å². The molecule has 0 unspecified atom stereocenters. The number of benzene rings is 9. The van der Waals surface area contributed by atoms with Gasteiger partial charge in [0.1, 0.15) is 0 Å². The number of rotatable bonds is 11. The Labute approximate surface area is 380 Å². The summed E-state index contributed by atoms with van der Waals surface area (Å²) in [6.45, 7) is 4.45. The smallest absolute Gasteiger partial charge is 0.179 e. The fourth-order valence-corrected chi connectivity index (χ4v) is 19.8. The summed E-state index contributed by atoms with van der Waals surface area (Å²) in [6.07, 6.45) is 0. The topological polar surface area (TPSA) is 12.9 Å². The molecule has 10 rings (SSSR count). The van der Waals surface area contributed by atoms with Crippen LogP contribution >= 0.6 is 0 Å². The molecular formula is C61H49NSi2. The van der Waals surface area contributed by atoms with Crippen molar-refractivity contribution >= 4 is 57.6 Å². The molecule has 0 saturated carbocycles. The molecule has 0 aliphatic carbocycles. The molecule has 0 atom stereocenters. The Hall–Kier alpha value is -7.44. The first-order valence-corrected chi connectivity index (χ1v) is 26.2. The highest BCUT2D eigenvalue weighted by Gasteiger charge is 2.43. The van der Waals surface area contributed by atoms with Gasteiger partial charge in [-0.3, -0.25) is 0 Å². The maximum Gasteiger partial charge on any atom is 0.179 e. The van der Waals surface area contributed by atoms with Crippen LogP contribution in [0.15, 0.2) is 261 Å². The van der Waals surface area contributed by atoms with Crippen LogP contribution in [0.1, 0.15) is 11.1 Å². The molecule has 1 aromatic heterocycles. The highest BCUT2D eigenvalue weighted by Crippen LogP contribution is 2.34. The van der Waals surface area contributed by atoms with Gasteiger partial charge < -0.3 is 0 Å². The average Bonchev–Trinajstić information content (AvgIpc) is 3.37. The Balaban J connectivity index is 1.22. The molecule has 0 aliphatic heterocycles. The monoisotopic (exact) mass is 851 g/mol. The third-order valence-electron chi connectivity index (χ3n) is 13.0. The lowest BCUT2D eigenvalue weighted by Crippen LogP contribution is -2.74. The Bertz CT molecular complexity index is 2750. The Morgan fingerprint density at radius 2 is 0.516 bits per heavy atom. The van der Waals surface area contributed by atoms with Gasteiger partial charge in [-0.1, -0.05) is 249 Å². The van der Waals surface area contributed by atoms with Crippen LogP contribution in [0.4, 0.5) is 0 Å². The van der Waals surface area contributed by atoms with Crippen LogP contribution in [0, 0.1) is 13.8 Å². The summed E-state index contributed by atoms with van der Waals surface area (Å²) >= 11 is 0. The van der Waals surface area contributed by atoms with E-state index in [0.29, 0.717) is 0 Å². The van der Waals surface area contributed by atoms with E-state index in [2.05, 4.69) is 275 Å². The zero-order chi connectivity index (χ0) is 43.4. The van der Waals surface area contributed by atoms with Gasteiger partial charge in [-0.05, 0) is 89.7 Å². The minimum atomic E-state index is -2.79. The molecular weight excluding hydrogens is 803 g/mol. The molecule has 9 aromatic carbocycles. The predicted octanol–water partition coefficient (Wildman–Crippen LogP) is 9.45. The van der Waals surface area contributed by atoms with Crippen LogP contribution in [0.5, 0.6) is 0 Å². The number of hydrogen-bond donors (Lipinski definition) is 0. The van der Waals surface area contributed by atoms with Gasteiger partial charge in [-0.2, -0.15) is 0 Å². The van der Waals surface area contributed by atoms with E-state index in [9.17, 15) is 0 Å². The maximum absolute atomic E-state index is 5.67. The second-order valence-electron chi connectivity index (χ2n) is 16.8. The molecule has 3 heteroatoms. The van der Waals surface area contributed by atoms with E-state index < -0.39 is 16.1 Å². The maximum atomic E-state index is 5.67. The summed E-state index contributed by atoms with van der Waals surface area (Å²) in [6, 6.07) is 96.7. The zero-order valence-corrected chi connectivity index (χ0v) is 38.3. The minimum absolute atomic E-state index is 0.956.